The number of fused-ring (bicyclic) bond motifs is 3. The monoisotopic (exact) mass is 343 g/mol. The number of hydrogen-bond donors (Lipinski definition) is 0. The molecule has 0 bridgehead atoms. The fourth-order valence-corrected chi connectivity index (χ4v) is 3.91. The van der Waals surface area contributed by atoms with E-state index in [4.69, 9.17) is 13.9 Å². The number of aryl methyl sites for hydroxylation is 2. The van der Waals surface area contributed by atoms with E-state index < -0.39 is 0 Å². The van der Waals surface area contributed by atoms with Crippen LogP contribution in [0.3, 0.4) is 0 Å². The van der Waals surface area contributed by atoms with E-state index >= 15 is 0 Å². The number of rotatable bonds is 4. The smallest absolute Gasteiger partial charge is 0.260 e. The van der Waals surface area contributed by atoms with Gasteiger partial charge in [-0.25, -0.2) is 0 Å². The highest BCUT2D eigenvalue weighted by atomic mass is 16.5. The van der Waals surface area contributed by atoms with E-state index in [1.165, 1.54) is 18.4 Å². The molecule has 1 aromatic heterocycles. The molecule has 0 spiro atoms. The molecule has 25 heavy (non-hydrogen) atoms. The second-order valence-corrected chi connectivity index (χ2v) is 6.97. The van der Waals surface area contributed by atoms with Gasteiger partial charge in [-0.15, -0.1) is 0 Å². The molecule has 5 heteroatoms. The van der Waals surface area contributed by atoms with Crippen LogP contribution in [0.2, 0.25) is 0 Å². The maximum atomic E-state index is 12.4. The number of methoxy groups -OCH3 is 1. The molecule has 1 aliphatic carbocycles. The Morgan fingerprint density at radius 1 is 1.24 bits per heavy atom. The third-order valence-electron chi connectivity index (χ3n) is 5.42. The molecule has 2 aromatic rings. The summed E-state index contributed by atoms with van der Waals surface area (Å²) >= 11 is 0. The van der Waals surface area contributed by atoms with E-state index in [2.05, 4.69) is 0 Å². The van der Waals surface area contributed by atoms with Crippen LogP contribution >= 0.6 is 0 Å². The topological polar surface area (TPSA) is 51.9 Å². The molecule has 134 valence electrons. The summed E-state index contributed by atoms with van der Waals surface area (Å²) in [4.78, 5) is 14.2. The first kappa shape index (κ1) is 16.5. The summed E-state index contributed by atoms with van der Waals surface area (Å²) < 4.78 is 17.1. The number of piperidine rings is 1. The molecule has 0 N–H and O–H groups in total. The molecule has 4 rings (SSSR count). The van der Waals surface area contributed by atoms with Crippen LogP contribution in [-0.4, -0.2) is 43.7 Å². The Labute approximate surface area is 147 Å². The predicted octanol–water partition coefficient (Wildman–Crippen LogP) is 3.33. The minimum Gasteiger partial charge on any atom is -0.484 e. The van der Waals surface area contributed by atoms with Gasteiger partial charge < -0.3 is 18.8 Å². The third-order valence-corrected chi connectivity index (χ3v) is 5.42. The molecule has 1 aromatic carbocycles. The highest BCUT2D eigenvalue weighted by Gasteiger charge is 2.23. The summed E-state index contributed by atoms with van der Waals surface area (Å²) in [5.74, 6) is 1.90. The largest absolute Gasteiger partial charge is 0.484 e. The molecular formula is C20H25NO4. The minimum atomic E-state index is 0.0453. The third kappa shape index (κ3) is 3.38. The van der Waals surface area contributed by atoms with Crippen molar-refractivity contribution in [3.05, 3.63) is 29.5 Å². The van der Waals surface area contributed by atoms with Gasteiger partial charge in [0.25, 0.3) is 5.91 Å². The van der Waals surface area contributed by atoms with Gasteiger partial charge in [-0.1, -0.05) is 0 Å². The van der Waals surface area contributed by atoms with E-state index in [1.54, 1.807) is 7.11 Å². The van der Waals surface area contributed by atoms with E-state index in [-0.39, 0.29) is 18.6 Å². The summed E-state index contributed by atoms with van der Waals surface area (Å²) in [6.07, 6.45) is 6.58. The van der Waals surface area contributed by atoms with Crippen molar-refractivity contribution in [3.8, 4) is 5.75 Å². The molecular weight excluding hydrogens is 318 g/mol. The fourth-order valence-electron chi connectivity index (χ4n) is 3.91. The second kappa shape index (κ2) is 7.08. The van der Waals surface area contributed by atoms with E-state index in [0.717, 1.165) is 61.3 Å². The Morgan fingerprint density at radius 3 is 2.84 bits per heavy atom. The maximum Gasteiger partial charge on any atom is 0.260 e. The number of benzene rings is 1. The number of carbonyl (C=O) groups excluding carboxylic acids is 1. The zero-order chi connectivity index (χ0) is 17.2. The number of likely N-dealkylation sites (tertiary alicyclic amines) is 1. The first-order valence-corrected chi connectivity index (χ1v) is 9.22. The van der Waals surface area contributed by atoms with Crippen LogP contribution in [0, 0.1) is 0 Å². The Hall–Kier alpha value is -2.01. The Morgan fingerprint density at radius 2 is 2.04 bits per heavy atom. The normalized spacial score (nSPS) is 18.4. The Kier molecular flexibility index (Phi) is 4.66. The Bertz CT molecular complexity index is 758. The molecule has 2 heterocycles. The standard InChI is InChI=1S/C20H25NO4/c1-23-14-8-10-21(11-9-14)20(22)13-24-15-6-7-19-17(12-15)16-4-2-3-5-18(16)25-19/h6-7,12,14H,2-5,8-11,13H2,1H3. The maximum absolute atomic E-state index is 12.4. The van der Waals surface area contributed by atoms with E-state index in [1.807, 2.05) is 23.1 Å². The summed E-state index contributed by atoms with van der Waals surface area (Å²) in [5.41, 5.74) is 2.24. The number of amides is 1. The zero-order valence-corrected chi connectivity index (χ0v) is 14.8. The van der Waals surface area contributed by atoms with Gasteiger partial charge in [-0.05, 0) is 50.3 Å². The van der Waals surface area contributed by atoms with Crippen LogP contribution in [0.5, 0.6) is 5.75 Å². The number of ether oxygens (including phenoxy) is 2. The van der Waals surface area contributed by atoms with Crippen molar-refractivity contribution in [2.75, 3.05) is 26.8 Å². The van der Waals surface area contributed by atoms with Crippen molar-refractivity contribution >= 4 is 16.9 Å². The lowest BCUT2D eigenvalue weighted by Crippen LogP contribution is -2.42. The van der Waals surface area contributed by atoms with Crippen LogP contribution < -0.4 is 4.74 Å². The lowest BCUT2D eigenvalue weighted by atomic mass is 9.96. The van der Waals surface area contributed by atoms with Gasteiger partial charge in [0.2, 0.25) is 0 Å². The number of furan rings is 1. The summed E-state index contributed by atoms with van der Waals surface area (Å²) in [6.45, 7) is 1.58. The summed E-state index contributed by atoms with van der Waals surface area (Å²) in [6, 6.07) is 5.87. The van der Waals surface area contributed by atoms with Crippen molar-refractivity contribution < 1.29 is 18.7 Å². The first-order valence-electron chi connectivity index (χ1n) is 9.22. The van der Waals surface area contributed by atoms with Crippen LogP contribution in [-0.2, 0) is 22.4 Å². The minimum absolute atomic E-state index is 0.0453. The molecule has 0 saturated carbocycles. The van der Waals surface area contributed by atoms with E-state index in [9.17, 15) is 4.79 Å². The number of carbonyl (C=O) groups is 1. The SMILES string of the molecule is COC1CCN(C(=O)COc2ccc3oc4c(c3c2)CCCC4)CC1. The fraction of sp³-hybridized carbons (Fsp3) is 0.550. The summed E-state index contributed by atoms with van der Waals surface area (Å²) in [5, 5.41) is 1.14. The molecule has 1 amide bonds. The molecule has 2 aliphatic rings. The lowest BCUT2D eigenvalue weighted by molar-refractivity contribution is -0.135. The average molecular weight is 343 g/mol. The van der Waals surface area contributed by atoms with Gasteiger partial charge in [-0.2, -0.15) is 0 Å². The molecule has 0 atom stereocenters. The van der Waals surface area contributed by atoms with Gasteiger partial charge >= 0.3 is 0 Å². The average Bonchev–Trinajstić information content (AvgIpc) is 3.04. The first-order chi connectivity index (χ1) is 12.2. The molecule has 1 aliphatic heterocycles. The van der Waals surface area contributed by atoms with Gasteiger partial charge in [0.05, 0.1) is 6.10 Å². The van der Waals surface area contributed by atoms with Crippen molar-refractivity contribution in [2.45, 2.75) is 44.6 Å². The predicted molar refractivity (Wildman–Crippen MR) is 95.0 cm³/mol. The van der Waals surface area contributed by atoms with Crippen LogP contribution in [0.1, 0.15) is 37.0 Å². The molecule has 0 unspecified atom stereocenters. The van der Waals surface area contributed by atoms with Crippen LogP contribution in [0.4, 0.5) is 0 Å². The lowest BCUT2D eigenvalue weighted by Gasteiger charge is -2.31. The van der Waals surface area contributed by atoms with E-state index in [0.29, 0.717) is 0 Å². The second-order valence-electron chi connectivity index (χ2n) is 6.97. The summed E-state index contributed by atoms with van der Waals surface area (Å²) in [7, 11) is 1.73. The zero-order valence-electron chi connectivity index (χ0n) is 14.8. The molecule has 1 saturated heterocycles. The highest BCUT2D eigenvalue weighted by molar-refractivity contribution is 5.84. The molecule has 0 radical (unpaired) electrons. The quantitative estimate of drug-likeness (QED) is 0.854. The van der Waals surface area contributed by atoms with Crippen molar-refractivity contribution in [1.82, 2.24) is 4.90 Å². The number of hydrogen-bond acceptors (Lipinski definition) is 4. The van der Waals surface area contributed by atoms with Crippen molar-refractivity contribution in [3.63, 3.8) is 0 Å². The van der Waals surface area contributed by atoms with Crippen molar-refractivity contribution in [1.29, 1.82) is 0 Å². The highest BCUT2D eigenvalue weighted by Crippen LogP contribution is 2.33. The van der Waals surface area contributed by atoms with Gasteiger partial charge in [0.15, 0.2) is 6.61 Å². The van der Waals surface area contributed by atoms with Gasteiger partial charge in [0.1, 0.15) is 17.1 Å². The van der Waals surface area contributed by atoms with Gasteiger partial charge in [0, 0.05) is 37.6 Å². The van der Waals surface area contributed by atoms with Crippen molar-refractivity contribution in [2.24, 2.45) is 0 Å². The molecule has 1 fully saturated rings. The van der Waals surface area contributed by atoms with Crippen LogP contribution in [0.15, 0.2) is 22.6 Å². The van der Waals surface area contributed by atoms with Gasteiger partial charge in [-0.3, -0.25) is 4.79 Å². The molecule has 5 nitrogen and oxygen atoms in total. The number of nitrogens with zero attached hydrogens (tertiary/aromatic N) is 1. The van der Waals surface area contributed by atoms with Crippen LogP contribution in [0.25, 0.3) is 11.0 Å². The Balaban J connectivity index is 1.40.